The van der Waals surface area contributed by atoms with E-state index >= 15 is 0 Å². The lowest BCUT2D eigenvalue weighted by atomic mass is 9.80. The van der Waals surface area contributed by atoms with E-state index in [0.717, 1.165) is 0 Å². The molecule has 1 unspecified atom stereocenters. The second-order valence-corrected chi connectivity index (χ2v) is 10.9. The zero-order chi connectivity index (χ0) is 30.5. The number of aliphatic hydroxyl groups is 1. The molecular formula is C29H29NO11S. The molecule has 3 aromatic rings. The Morgan fingerprint density at radius 1 is 0.857 bits per heavy atom. The Bertz CT molecular complexity index is 1490. The van der Waals surface area contributed by atoms with Crippen molar-refractivity contribution in [1.29, 1.82) is 0 Å². The summed E-state index contributed by atoms with van der Waals surface area (Å²) in [7, 11) is -1.69. The highest BCUT2D eigenvalue weighted by molar-refractivity contribution is 7.87. The molecule has 0 saturated carbocycles. The van der Waals surface area contributed by atoms with Crippen LogP contribution in [-0.2, 0) is 34.9 Å². The molecule has 1 atom stereocenters. The number of benzene rings is 3. The SMILES string of the molecule is COc1ccc(C(O)(c2ccc(OC)cc2)c2ccc(OCCCC(=O)ON3C(=O)CC(S(=O)(=O)O)C3=O)cc2)cc1. The first-order valence-electron chi connectivity index (χ1n) is 12.8. The molecule has 3 aromatic carbocycles. The van der Waals surface area contributed by atoms with Gasteiger partial charge in [-0.05, 0) is 59.5 Å². The van der Waals surface area contributed by atoms with Gasteiger partial charge in [0.2, 0.25) is 0 Å². The van der Waals surface area contributed by atoms with Gasteiger partial charge in [0, 0.05) is 0 Å². The van der Waals surface area contributed by atoms with E-state index in [9.17, 15) is 27.9 Å². The Kier molecular flexibility index (Phi) is 9.14. The van der Waals surface area contributed by atoms with Crippen molar-refractivity contribution in [2.24, 2.45) is 0 Å². The van der Waals surface area contributed by atoms with Gasteiger partial charge in [0.1, 0.15) is 22.8 Å². The molecule has 1 heterocycles. The Hall–Kier alpha value is -4.46. The van der Waals surface area contributed by atoms with Gasteiger partial charge in [-0.1, -0.05) is 36.4 Å². The van der Waals surface area contributed by atoms with Crippen molar-refractivity contribution in [3.05, 3.63) is 89.5 Å². The molecule has 2 N–H and O–H groups in total. The van der Waals surface area contributed by atoms with Crippen molar-refractivity contribution in [2.75, 3.05) is 20.8 Å². The molecule has 12 nitrogen and oxygen atoms in total. The summed E-state index contributed by atoms with van der Waals surface area (Å²) in [6.07, 6.45) is -0.892. The topological polar surface area (TPSA) is 166 Å². The monoisotopic (exact) mass is 599 g/mol. The second-order valence-electron chi connectivity index (χ2n) is 9.34. The van der Waals surface area contributed by atoms with Crippen molar-refractivity contribution in [1.82, 2.24) is 5.06 Å². The summed E-state index contributed by atoms with van der Waals surface area (Å²) >= 11 is 0. The van der Waals surface area contributed by atoms with Gasteiger partial charge in [-0.2, -0.15) is 8.42 Å². The molecule has 0 bridgehead atoms. The van der Waals surface area contributed by atoms with Crippen molar-refractivity contribution in [3.63, 3.8) is 0 Å². The Morgan fingerprint density at radius 3 is 1.71 bits per heavy atom. The van der Waals surface area contributed by atoms with Crippen LogP contribution < -0.4 is 14.2 Å². The summed E-state index contributed by atoms with van der Waals surface area (Å²) in [5, 5.41) is 10.1. The quantitative estimate of drug-likeness (QED) is 0.136. The molecule has 0 aromatic heterocycles. The number of hydroxylamine groups is 2. The van der Waals surface area contributed by atoms with E-state index in [4.69, 9.17) is 23.6 Å². The second kappa shape index (κ2) is 12.6. The zero-order valence-corrected chi connectivity index (χ0v) is 23.6. The fourth-order valence-corrected chi connectivity index (χ4v) is 5.13. The first-order valence-corrected chi connectivity index (χ1v) is 14.3. The number of ether oxygens (including phenoxy) is 3. The van der Waals surface area contributed by atoms with Crippen LogP contribution in [0, 0.1) is 0 Å². The first kappa shape index (κ1) is 30.5. The third-order valence-corrected chi connectivity index (χ3v) is 7.78. The molecule has 4 rings (SSSR count). The molecule has 2 amide bonds. The predicted molar refractivity (Wildman–Crippen MR) is 147 cm³/mol. The largest absolute Gasteiger partial charge is 0.497 e. The van der Waals surface area contributed by atoms with E-state index < -0.39 is 45.2 Å². The van der Waals surface area contributed by atoms with Gasteiger partial charge in [-0.3, -0.25) is 14.1 Å². The van der Waals surface area contributed by atoms with Crippen LogP contribution in [0.3, 0.4) is 0 Å². The number of rotatable bonds is 12. The van der Waals surface area contributed by atoms with Gasteiger partial charge in [0.25, 0.3) is 21.9 Å². The Morgan fingerprint density at radius 2 is 1.31 bits per heavy atom. The lowest BCUT2D eigenvalue weighted by molar-refractivity contribution is -0.197. The average molecular weight is 600 g/mol. The van der Waals surface area contributed by atoms with E-state index in [-0.39, 0.29) is 24.5 Å². The average Bonchev–Trinajstić information content (AvgIpc) is 3.28. The molecule has 0 aliphatic carbocycles. The third kappa shape index (κ3) is 6.54. The molecule has 1 fully saturated rings. The van der Waals surface area contributed by atoms with Crippen LogP contribution in [0.2, 0.25) is 0 Å². The maximum atomic E-state index is 12.1. The molecule has 1 saturated heterocycles. The maximum Gasteiger partial charge on any atom is 0.333 e. The highest BCUT2D eigenvalue weighted by atomic mass is 32.2. The standard InChI is InChI=1S/C29H29NO11S/c1-38-22-11-5-19(6-12-22)29(34,20-7-13-23(39-2)14-8-20)21-9-15-24(16-10-21)40-17-3-4-27(32)41-30-26(31)18-25(28(30)33)42(35,36)37/h5-16,25,34H,3-4,17-18H2,1-2H3,(H,35,36,37). The lowest BCUT2D eigenvalue weighted by Crippen LogP contribution is -2.36. The third-order valence-electron chi connectivity index (χ3n) is 6.70. The number of carbonyl (C=O) groups excluding carboxylic acids is 3. The van der Waals surface area contributed by atoms with Crippen LogP contribution in [0.15, 0.2) is 72.8 Å². The molecule has 1 aliphatic heterocycles. The smallest absolute Gasteiger partial charge is 0.333 e. The summed E-state index contributed by atoms with van der Waals surface area (Å²) in [5.41, 5.74) is 0.272. The van der Waals surface area contributed by atoms with Gasteiger partial charge in [-0.15, -0.1) is 5.06 Å². The number of hydrogen-bond acceptors (Lipinski definition) is 10. The normalized spacial score (nSPS) is 15.4. The van der Waals surface area contributed by atoms with Gasteiger partial charge in [0.05, 0.1) is 33.7 Å². The highest BCUT2D eigenvalue weighted by Crippen LogP contribution is 2.38. The highest BCUT2D eigenvalue weighted by Gasteiger charge is 2.48. The van der Waals surface area contributed by atoms with Crippen LogP contribution >= 0.6 is 0 Å². The van der Waals surface area contributed by atoms with Crippen molar-refractivity contribution in [3.8, 4) is 17.2 Å². The number of methoxy groups -OCH3 is 2. The van der Waals surface area contributed by atoms with Gasteiger partial charge in [-0.25, -0.2) is 4.79 Å². The van der Waals surface area contributed by atoms with E-state index in [1.54, 1.807) is 87.0 Å². The fraction of sp³-hybridized carbons (Fsp3) is 0.276. The zero-order valence-electron chi connectivity index (χ0n) is 22.8. The Labute approximate surface area is 242 Å². The number of carbonyl (C=O) groups is 3. The summed E-state index contributed by atoms with van der Waals surface area (Å²) < 4.78 is 47.7. The van der Waals surface area contributed by atoms with Crippen LogP contribution in [0.5, 0.6) is 17.2 Å². The fourth-order valence-electron chi connectivity index (χ4n) is 4.42. The van der Waals surface area contributed by atoms with E-state index in [1.807, 2.05) is 0 Å². The molecule has 0 spiro atoms. The van der Waals surface area contributed by atoms with E-state index in [1.165, 1.54) is 0 Å². The Balaban J connectivity index is 1.39. The summed E-state index contributed by atoms with van der Waals surface area (Å²) in [6.45, 7) is 0.0746. The summed E-state index contributed by atoms with van der Waals surface area (Å²) in [5.74, 6) is -1.57. The molecule has 0 radical (unpaired) electrons. The number of nitrogens with zero attached hydrogens (tertiary/aromatic N) is 1. The van der Waals surface area contributed by atoms with Crippen LogP contribution in [0.4, 0.5) is 0 Å². The summed E-state index contributed by atoms with van der Waals surface area (Å²) in [6, 6.07) is 20.9. The van der Waals surface area contributed by atoms with Crippen molar-refractivity contribution in [2.45, 2.75) is 30.1 Å². The lowest BCUT2D eigenvalue weighted by Gasteiger charge is -2.30. The predicted octanol–water partition coefficient (Wildman–Crippen LogP) is 2.62. The molecule has 1 aliphatic rings. The number of imide groups is 1. The molecular weight excluding hydrogens is 570 g/mol. The van der Waals surface area contributed by atoms with Gasteiger partial charge < -0.3 is 24.2 Å². The van der Waals surface area contributed by atoms with Crippen molar-refractivity contribution < 1.29 is 51.5 Å². The molecule has 222 valence electrons. The molecule has 42 heavy (non-hydrogen) atoms. The van der Waals surface area contributed by atoms with Gasteiger partial charge >= 0.3 is 5.97 Å². The van der Waals surface area contributed by atoms with E-state index in [2.05, 4.69) is 0 Å². The van der Waals surface area contributed by atoms with Gasteiger partial charge in [0.15, 0.2) is 5.25 Å². The number of hydrogen-bond donors (Lipinski definition) is 2. The number of amides is 2. The minimum absolute atomic E-state index is 0.0626. The first-order chi connectivity index (χ1) is 20.0. The minimum Gasteiger partial charge on any atom is -0.497 e. The minimum atomic E-state index is -4.80. The van der Waals surface area contributed by atoms with Crippen molar-refractivity contribution >= 4 is 27.9 Å². The summed E-state index contributed by atoms with van der Waals surface area (Å²) in [4.78, 5) is 40.6. The van der Waals surface area contributed by atoms with Crippen LogP contribution in [0.25, 0.3) is 0 Å². The van der Waals surface area contributed by atoms with Crippen LogP contribution in [-0.4, -0.2) is 67.0 Å². The van der Waals surface area contributed by atoms with Crippen LogP contribution in [0.1, 0.15) is 36.0 Å². The molecule has 13 heteroatoms. The van der Waals surface area contributed by atoms with E-state index in [0.29, 0.717) is 33.9 Å². The maximum absolute atomic E-state index is 12.1.